The van der Waals surface area contributed by atoms with Crippen molar-refractivity contribution in [1.82, 2.24) is 25.4 Å². The molecule has 0 atom stereocenters. The topological polar surface area (TPSA) is 55.8 Å². The Bertz CT molecular complexity index is 528. The summed E-state index contributed by atoms with van der Waals surface area (Å²) in [6.45, 7) is 16.3. The molecule has 1 aromatic rings. The number of halogens is 1. The number of thiazole rings is 1. The average Bonchev–Trinajstić information content (AvgIpc) is 3.14. The van der Waals surface area contributed by atoms with Gasteiger partial charge in [0.15, 0.2) is 5.96 Å². The van der Waals surface area contributed by atoms with E-state index in [1.54, 1.807) is 11.3 Å². The standard InChI is InChI=1S/C19H36N6S.HI/c1-4-17-15-22-18(26-17)16-23-19(20-5-2)21-9-7-8-10-25-13-11-24(6-3)12-14-25;/h15H,4-14,16H2,1-3H3,(H2,20,21,23);1H. The lowest BCUT2D eigenvalue weighted by Crippen LogP contribution is -2.46. The van der Waals surface area contributed by atoms with E-state index in [2.05, 4.69) is 51.2 Å². The van der Waals surface area contributed by atoms with Gasteiger partial charge in [-0.1, -0.05) is 13.8 Å². The van der Waals surface area contributed by atoms with Crippen molar-refractivity contribution in [3.05, 3.63) is 16.1 Å². The van der Waals surface area contributed by atoms with Crippen LogP contribution in [0.25, 0.3) is 0 Å². The molecule has 0 radical (unpaired) electrons. The van der Waals surface area contributed by atoms with E-state index in [0.717, 1.165) is 30.5 Å². The van der Waals surface area contributed by atoms with E-state index < -0.39 is 0 Å². The minimum absolute atomic E-state index is 0. The first-order chi connectivity index (χ1) is 12.7. The van der Waals surface area contributed by atoms with Crippen LogP contribution in [-0.2, 0) is 13.0 Å². The number of aryl methyl sites for hydroxylation is 1. The van der Waals surface area contributed by atoms with Crippen molar-refractivity contribution in [2.75, 3.05) is 52.4 Å². The van der Waals surface area contributed by atoms with Gasteiger partial charge in [0.1, 0.15) is 5.01 Å². The third kappa shape index (κ3) is 9.54. The van der Waals surface area contributed by atoms with E-state index in [9.17, 15) is 0 Å². The van der Waals surface area contributed by atoms with Crippen LogP contribution in [0.1, 0.15) is 43.5 Å². The van der Waals surface area contributed by atoms with Crippen LogP contribution < -0.4 is 10.6 Å². The number of aliphatic imine (C=N–C) groups is 1. The Morgan fingerprint density at radius 3 is 2.48 bits per heavy atom. The zero-order valence-corrected chi connectivity index (χ0v) is 20.3. The first kappa shape index (κ1) is 24.6. The second kappa shape index (κ2) is 14.5. The summed E-state index contributed by atoms with van der Waals surface area (Å²) in [5.41, 5.74) is 0. The molecule has 1 aromatic heterocycles. The van der Waals surface area contributed by atoms with Crippen LogP contribution in [0, 0.1) is 0 Å². The molecule has 1 saturated heterocycles. The van der Waals surface area contributed by atoms with Gasteiger partial charge >= 0.3 is 0 Å². The van der Waals surface area contributed by atoms with Crippen LogP contribution >= 0.6 is 35.3 Å². The van der Waals surface area contributed by atoms with E-state index in [0.29, 0.717) is 6.54 Å². The maximum atomic E-state index is 4.66. The zero-order chi connectivity index (χ0) is 18.6. The number of aromatic nitrogens is 1. The Morgan fingerprint density at radius 2 is 1.85 bits per heavy atom. The summed E-state index contributed by atoms with van der Waals surface area (Å²) in [4.78, 5) is 15.6. The molecule has 0 aromatic carbocycles. The number of hydrogen-bond donors (Lipinski definition) is 2. The van der Waals surface area contributed by atoms with Gasteiger partial charge in [0, 0.05) is 50.3 Å². The molecule has 2 N–H and O–H groups in total. The highest BCUT2D eigenvalue weighted by atomic mass is 127. The lowest BCUT2D eigenvalue weighted by atomic mass is 10.2. The number of piperazine rings is 1. The van der Waals surface area contributed by atoms with Crippen molar-refractivity contribution in [3.63, 3.8) is 0 Å². The highest BCUT2D eigenvalue weighted by Crippen LogP contribution is 2.13. The van der Waals surface area contributed by atoms with Gasteiger partial charge in [-0.2, -0.15) is 0 Å². The van der Waals surface area contributed by atoms with E-state index in [4.69, 9.17) is 0 Å². The van der Waals surface area contributed by atoms with Gasteiger partial charge in [0.25, 0.3) is 0 Å². The summed E-state index contributed by atoms with van der Waals surface area (Å²) in [5, 5.41) is 7.87. The molecule has 1 aliphatic heterocycles. The van der Waals surface area contributed by atoms with E-state index in [-0.39, 0.29) is 24.0 Å². The molecular formula is C19H37IN6S. The summed E-state index contributed by atoms with van der Waals surface area (Å²) < 4.78 is 0. The van der Waals surface area contributed by atoms with Crippen LogP contribution in [0.3, 0.4) is 0 Å². The Hall–Kier alpha value is -0.450. The van der Waals surface area contributed by atoms with Crippen LogP contribution in [0.4, 0.5) is 0 Å². The van der Waals surface area contributed by atoms with Gasteiger partial charge in [0.2, 0.25) is 0 Å². The molecule has 1 fully saturated rings. The van der Waals surface area contributed by atoms with Crippen molar-refractivity contribution >= 4 is 41.3 Å². The second-order valence-corrected chi connectivity index (χ2v) is 7.88. The predicted octanol–water partition coefficient (Wildman–Crippen LogP) is 2.80. The lowest BCUT2D eigenvalue weighted by molar-refractivity contribution is 0.136. The summed E-state index contributed by atoms with van der Waals surface area (Å²) in [6.07, 6.45) is 5.43. The van der Waals surface area contributed by atoms with Crippen LogP contribution in [-0.4, -0.2) is 73.1 Å². The molecule has 8 heteroatoms. The molecule has 0 amide bonds. The molecule has 0 spiro atoms. The molecule has 1 aliphatic rings. The summed E-state index contributed by atoms with van der Waals surface area (Å²) in [6, 6.07) is 0. The Labute approximate surface area is 186 Å². The number of unbranched alkanes of at least 4 members (excludes halogenated alkanes) is 1. The van der Waals surface area contributed by atoms with Crippen LogP contribution in [0.2, 0.25) is 0 Å². The smallest absolute Gasteiger partial charge is 0.191 e. The van der Waals surface area contributed by atoms with Gasteiger partial charge in [-0.05, 0) is 39.3 Å². The highest BCUT2D eigenvalue weighted by molar-refractivity contribution is 14.0. The zero-order valence-electron chi connectivity index (χ0n) is 17.2. The van der Waals surface area contributed by atoms with Crippen LogP contribution in [0.15, 0.2) is 11.2 Å². The Morgan fingerprint density at radius 1 is 1.11 bits per heavy atom. The maximum absolute atomic E-state index is 4.66. The van der Waals surface area contributed by atoms with E-state index in [1.807, 2.05) is 6.20 Å². The van der Waals surface area contributed by atoms with Crippen molar-refractivity contribution < 1.29 is 0 Å². The molecular weight excluding hydrogens is 471 g/mol. The second-order valence-electron chi connectivity index (χ2n) is 6.68. The molecule has 27 heavy (non-hydrogen) atoms. The van der Waals surface area contributed by atoms with Crippen molar-refractivity contribution in [2.24, 2.45) is 4.99 Å². The maximum Gasteiger partial charge on any atom is 0.191 e. The molecule has 156 valence electrons. The third-order valence-electron chi connectivity index (χ3n) is 4.77. The third-order valence-corrected chi connectivity index (χ3v) is 5.90. The number of guanidine groups is 1. The number of rotatable bonds is 10. The molecule has 2 heterocycles. The number of nitrogens with zero attached hydrogens (tertiary/aromatic N) is 4. The molecule has 0 bridgehead atoms. The van der Waals surface area contributed by atoms with Crippen molar-refractivity contribution in [1.29, 1.82) is 0 Å². The van der Waals surface area contributed by atoms with Crippen molar-refractivity contribution in [2.45, 2.75) is 46.6 Å². The Kier molecular flexibility index (Phi) is 13.2. The predicted molar refractivity (Wildman–Crippen MR) is 128 cm³/mol. The van der Waals surface area contributed by atoms with Gasteiger partial charge in [-0.25, -0.2) is 9.98 Å². The summed E-state index contributed by atoms with van der Waals surface area (Å²) in [7, 11) is 0. The first-order valence-corrected chi connectivity index (χ1v) is 11.0. The SMILES string of the molecule is CCNC(=NCc1ncc(CC)s1)NCCCCN1CCN(CC)CC1.I. The average molecular weight is 509 g/mol. The number of likely N-dealkylation sites (N-methyl/N-ethyl adjacent to an activating group) is 1. The molecule has 2 rings (SSSR count). The largest absolute Gasteiger partial charge is 0.357 e. The fourth-order valence-corrected chi connectivity index (χ4v) is 3.86. The Balaban J connectivity index is 0.00000364. The first-order valence-electron chi connectivity index (χ1n) is 10.2. The van der Waals surface area contributed by atoms with Crippen LogP contribution in [0.5, 0.6) is 0 Å². The molecule has 0 aliphatic carbocycles. The van der Waals surface area contributed by atoms with Gasteiger partial charge in [-0.15, -0.1) is 35.3 Å². The monoisotopic (exact) mass is 508 g/mol. The fourth-order valence-electron chi connectivity index (χ4n) is 3.07. The highest BCUT2D eigenvalue weighted by Gasteiger charge is 2.14. The fraction of sp³-hybridized carbons (Fsp3) is 0.789. The summed E-state index contributed by atoms with van der Waals surface area (Å²) in [5.74, 6) is 0.900. The van der Waals surface area contributed by atoms with Gasteiger partial charge < -0.3 is 20.4 Å². The number of hydrogen-bond acceptors (Lipinski definition) is 5. The van der Waals surface area contributed by atoms with Gasteiger partial charge in [-0.3, -0.25) is 0 Å². The summed E-state index contributed by atoms with van der Waals surface area (Å²) >= 11 is 1.76. The molecule has 0 unspecified atom stereocenters. The van der Waals surface area contributed by atoms with Gasteiger partial charge in [0.05, 0.1) is 6.54 Å². The van der Waals surface area contributed by atoms with E-state index >= 15 is 0 Å². The number of nitrogens with one attached hydrogen (secondary N) is 2. The normalized spacial score (nSPS) is 16.2. The molecule has 6 nitrogen and oxygen atoms in total. The minimum atomic E-state index is 0. The van der Waals surface area contributed by atoms with E-state index in [1.165, 1.54) is 57.0 Å². The quantitative estimate of drug-likeness (QED) is 0.220. The molecule has 0 saturated carbocycles. The lowest BCUT2D eigenvalue weighted by Gasteiger charge is -2.34. The van der Waals surface area contributed by atoms with Crippen molar-refractivity contribution in [3.8, 4) is 0 Å². The minimum Gasteiger partial charge on any atom is -0.357 e.